The van der Waals surface area contributed by atoms with E-state index >= 15 is 0 Å². The quantitative estimate of drug-likeness (QED) is 0.383. The molecule has 9 heteroatoms. The van der Waals surface area contributed by atoms with E-state index in [0.29, 0.717) is 25.9 Å². The van der Waals surface area contributed by atoms with Crippen molar-refractivity contribution in [3.63, 3.8) is 0 Å². The molecule has 1 aliphatic rings. The topological polar surface area (TPSA) is 103 Å². The minimum atomic E-state index is -0.864. The molecule has 0 spiro atoms. The van der Waals surface area contributed by atoms with E-state index in [1.54, 1.807) is 6.20 Å². The number of carboxylic acid groups (broad SMARTS) is 1. The number of hydrogen-bond acceptors (Lipinski definition) is 5. The number of carbonyl (C=O) groups is 3. The summed E-state index contributed by atoms with van der Waals surface area (Å²) in [4.78, 5) is 43.0. The van der Waals surface area contributed by atoms with E-state index < -0.39 is 5.97 Å². The van der Waals surface area contributed by atoms with Crippen LogP contribution in [0.5, 0.6) is 0 Å². The first-order valence-electron chi connectivity index (χ1n) is 10.4. The molecule has 0 saturated carbocycles. The average molecular weight is 402 g/mol. The van der Waals surface area contributed by atoms with Gasteiger partial charge in [0.1, 0.15) is 7.85 Å². The SMILES string of the molecule is BC1CCCN1C(=O)CNC(=O)CCCCCN(CC(=O)O)Cc1ccccn1. The largest absolute Gasteiger partial charge is 0.480 e. The molecular formula is C20H31BN4O4. The zero-order valence-electron chi connectivity index (χ0n) is 17.2. The molecule has 0 radical (unpaired) electrons. The van der Waals surface area contributed by atoms with E-state index in [1.807, 2.05) is 35.8 Å². The minimum absolute atomic E-state index is 0.0119. The van der Waals surface area contributed by atoms with Crippen molar-refractivity contribution < 1.29 is 19.5 Å². The molecule has 1 aromatic heterocycles. The Hall–Kier alpha value is -2.42. The van der Waals surface area contributed by atoms with Gasteiger partial charge in [-0.05, 0) is 50.3 Å². The molecule has 1 aliphatic heterocycles. The van der Waals surface area contributed by atoms with Gasteiger partial charge in [-0.25, -0.2) is 0 Å². The van der Waals surface area contributed by atoms with E-state index in [0.717, 1.165) is 37.9 Å². The van der Waals surface area contributed by atoms with Crippen molar-refractivity contribution >= 4 is 25.6 Å². The van der Waals surface area contributed by atoms with E-state index in [2.05, 4.69) is 10.3 Å². The van der Waals surface area contributed by atoms with Crippen LogP contribution in [0.2, 0.25) is 0 Å². The molecule has 158 valence electrons. The van der Waals surface area contributed by atoms with Gasteiger partial charge in [0.25, 0.3) is 0 Å². The number of amides is 2. The summed E-state index contributed by atoms with van der Waals surface area (Å²) in [6.07, 6.45) is 6.47. The Kier molecular flexibility index (Phi) is 9.63. The molecule has 1 saturated heterocycles. The van der Waals surface area contributed by atoms with Crippen LogP contribution >= 0.6 is 0 Å². The number of carbonyl (C=O) groups excluding carboxylic acids is 2. The molecule has 2 heterocycles. The molecule has 2 rings (SSSR count). The van der Waals surface area contributed by atoms with Crippen molar-refractivity contribution in [1.82, 2.24) is 20.1 Å². The number of aliphatic carboxylic acids is 1. The molecule has 8 nitrogen and oxygen atoms in total. The smallest absolute Gasteiger partial charge is 0.317 e. The average Bonchev–Trinajstić information content (AvgIpc) is 3.12. The fraction of sp³-hybridized carbons (Fsp3) is 0.600. The zero-order valence-corrected chi connectivity index (χ0v) is 17.2. The zero-order chi connectivity index (χ0) is 21.1. The number of rotatable bonds is 12. The van der Waals surface area contributed by atoms with Crippen molar-refractivity contribution in [1.29, 1.82) is 0 Å². The Morgan fingerprint density at radius 2 is 2.10 bits per heavy atom. The first-order valence-corrected chi connectivity index (χ1v) is 10.4. The Bertz CT molecular complexity index is 674. The Morgan fingerprint density at radius 3 is 2.76 bits per heavy atom. The number of nitrogens with one attached hydrogen (secondary N) is 1. The normalized spacial score (nSPS) is 16.2. The summed E-state index contributed by atoms with van der Waals surface area (Å²) in [5, 5.41) is 11.8. The highest BCUT2D eigenvalue weighted by molar-refractivity contribution is 6.13. The predicted molar refractivity (Wildman–Crippen MR) is 112 cm³/mol. The molecule has 2 amide bonds. The number of unbranched alkanes of at least 4 members (excludes halogenated alkanes) is 2. The molecule has 1 atom stereocenters. The molecule has 0 aliphatic carbocycles. The van der Waals surface area contributed by atoms with Crippen molar-refractivity contribution in [3.8, 4) is 0 Å². The van der Waals surface area contributed by atoms with E-state index in [-0.39, 0.29) is 30.8 Å². The lowest BCUT2D eigenvalue weighted by molar-refractivity contribution is -0.138. The molecular weight excluding hydrogens is 371 g/mol. The van der Waals surface area contributed by atoms with Gasteiger partial charge in [0, 0.05) is 25.7 Å². The van der Waals surface area contributed by atoms with Crippen LogP contribution in [0.1, 0.15) is 44.2 Å². The lowest BCUT2D eigenvalue weighted by Crippen LogP contribution is -2.42. The second-order valence-electron chi connectivity index (χ2n) is 7.59. The van der Waals surface area contributed by atoms with Crippen LogP contribution in [-0.2, 0) is 20.9 Å². The molecule has 0 aromatic carbocycles. The number of carboxylic acids is 1. The standard InChI is InChI=1S/C20H31BN4O4/c21-17-8-6-12-25(17)19(27)13-23-18(26)9-2-1-5-11-24(15-20(28)29)14-16-7-3-4-10-22-16/h3-4,7,10,17H,1-2,5-6,8-9,11-15,21H2,(H,23,26)(H,28,29). The lowest BCUT2D eigenvalue weighted by Gasteiger charge is -2.21. The van der Waals surface area contributed by atoms with Crippen molar-refractivity contribution in [2.24, 2.45) is 0 Å². The fourth-order valence-electron chi connectivity index (χ4n) is 3.59. The Labute approximate surface area is 173 Å². The van der Waals surface area contributed by atoms with Gasteiger partial charge in [0.05, 0.1) is 18.8 Å². The maximum absolute atomic E-state index is 12.1. The van der Waals surface area contributed by atoms with Gasteiger partial charge in [-0.15, -0.1) is 0 Å². The van der Waals surface area contributed by atoms with Crippen LogP contribution in [-0.4, -0.2) is 77.6 Å². The second-order valence-corrected chi connectivity index (χ2v) is 7.59. The molecule has 29 heavy (non-hydrogen) atoms. The van der Waals surface area contributed by atoms with Crippen LogP contribution in [0.15, 0.2) is 24.4 Å². The number of likely N-dealkylation sites (tertiary alicyclic amines) is 1. The van der Waals surface area contributed by atoms with Gasteiger partial charge in [-0.3, -0.25) is 24.3 Å². The number of aromatic nitrogens is 1. The summed E-state index contributed by atoms with van der Waals surface area (Å²) in [6.45, 7) is 1.94. The monoisotopic (exact) mass is 402 g/mol. The highest BCUT2D eigenvalue weighted by Gasteiger charge is 2.24. The van der Waals surface area contributed by atoms with E-state index in [1.165, 1.54) is 0 Å². The van der Waals surface area contributed by atoms with E-state index in [4.69, 9.17) is 5.11 Å². The molecule has 2 N–H and O–H groups in total. The molecule has 1 fully saturated rings. The third kappa shape index (κ3) is 8.64. The van der Waals surface area contributed by atoms with Crippen LogP contribution in [0, 0.1) is 0 Å². The van der Waals surface area contributed by atoms with Gasteiger partial charge in [-0.1, -0.05) is 12.5 Å². The van der Waals surface area contributed by atoms with Crippen LogP contribution in [0.3, 0.4) is 0 Å². The summed E-state index contributed by atoms with van der Waals surface area (Å²) in [6, 6.07) is 5.59. The molecule has 1 aromatic rings. The summed E-state index contributed by atoms with van der Waals surface area (Å²) in [5.41, 5.74) is 0.838. The van der Waals surface area contributed by atoms with Crippen molar-refractivity contribution in [3.05, 3.63) is 30.1 Å². The van der Waals surface area contributed by atoms with Crippen LogP contribution in [0.4, 0.5) is 0 Å². The third-order valence-electron chi connectivity index (χ3n) is 5.16. The van der Waals surface area contributed by atoms with Gasteiger partial charge < -0.3 is 15.3 Å². The van der Waals surface area contributed by atoms with Crippen LogP contribution in [0.25, 0.3) is 0 Å². The highest BCUT2D eigenvalue weighted by Crippen LogP contribution is 2.13. The first-order chi connectivity index (χ1) is 14.0. The maximum Gasteiger partial charge on any atom is 0.317 e. The summed E-state index contributed by atoms with van der Waals surface area (Å²) >= 11 is 0. The summed E-state index contributed by atoms with van der Waals surface area (Å²) < 4.78 is 0. The third-order valence-corrected chi connectivity index (χ3v) is 5.16. The predicted octanol–water partition coefficient (Wildman–Crippen LogP) is 0.226. The van der Waals surface area contributed by atoms with E-state index in [9.17, 15) is 14.4 Å². The number of nitrogens with zero attached hydrogens (tertiary/aromatic N) is 3. The van der Waals surface area contributed by atoms with Gasteiger partial charge >= 0.3 is 5.97 Å². The van der Waals surface area contributed by atoms with Crippen LogP contribution < -0.4 is 5.32 Å². The lowest BCUT2D eigenvalue weighted by atomic mass is 9.94. The highest BCUT2D eigenvalue weighted by atomic mass is 16.4. The maximum atomic E-state index is 12.1. The second kappa shape index (κ2) is 12.2. The Morgan fingerprint density at radius 1 is 1.28 bits per heavy atom. The van der Waals surface area contributed by atoms with Crippen molar-refractivity contribution in [2.45, 2.75) is 51.0 Å². The van der Waals surface area contributed by atoms with Gasteiger partial charge in [0.2, 0.25) is 11.8 Å². The molecule has 0 bridgehead atoms. The Balaban J connectivity index is 1.60. The fourth-order valence-corrected chi connectivity index (χ4v) is 3.59. The molecule has 1 unspecified atom stereocenters. The summed E-state index contributed by atoms with van der Waals surface area (Å²) in [7, 11) is 2.04. The first kappa shape index (κ1) is 22.9. The number of hydrogen-bond donors (Lipinski definition) is 2. The van der Waals surface area contributed by atoms with Gasteiger partial charge in [0.15, 0.2) is 0 Å². The minimum Gasteiger partial charge on any atom is -0.480 e. The van der Waals surface area contributed by atoms with Crippen molar-refractivity contribution in [2.75, 3.05) is 26.2 Å². The number of pyridine rings is 1. The van der Waals surface area contributed by atoms with Gasteiger partial charge in [-0.2, -0.15) is 0 Å². The summed E-state index contributed by atoms with van der Waals surface area (Å²) in [5.74, 6) is -0.722.